The number of ether oxygens (including phenoxy) is 2. The fourth-order valence-corrected chi connectivity index (χ4v) is 4.68. The van der Waals surface area contributed by atoms with Gasteiger partial charge < -0.3 is 14.6 Å². The second-order valence-corrected chi connectivity index (χ2v) is 7.80. The Morgan fingerprint density at radius 2 is 1.76 bits per heavy atom. The van der Waals surface area contributed by atoms with E-state index in [9.17, 15) is 9.90 Å². The first kappa shape index (κ1) is 15.0. The zero-order valence-corrected chi connectivity index (χ0v) is 14.5. The van der Waals surface area contributed by atoms with Crippen molar-refractivity contribution in [1.29, 1.82) is 0 Å². The first-order valence-electron chi connectivity index (χ1n) is 8.67. The Hall–Kier alpha value is -2.33. The van der Waals surface area contributed by atoms with E-state index >= 15 is 0 Å². The molecule has 1 N–H and O–H groups in total. The average molecular weight is 336 g/mol. The number of aryl methyl sites for hydroxylation is 2. The zero-order valence-electron chi connectivity index (χ0n) is 14.5. The van der Waals surface area contributed by atoms with Crippen LogP contribution in [0.3, 0.4) is 0 Å². The molecule has 2 aliphatic heterocycles. The predicted molar refractivity (Wildman–Crippen MR) is 92.1 cm³/mol. The highest BCUT2D eigenvalue weighted by Crippen LogP contribution is 2.58. The molecule has 3 aliphatic rings. The normalized spacial score (nSPS) is 34.5. The minimum atomic E-state index is -1.53. The van der Waals surface area contributed by atoms with E-state index in [1.54, 1.807) is 0 Å². The second-order valence-electron chi connectivity index (χ2n) is 7.80. The van der Waals surface area contributed by atoms with E-state index < -0.39 is 23.2 Å². The number of aliphatic hydroxyl groups is 1. The van der Waals surface area contributed by atoms with Gasteiger partial charge in [-0.1, -0.05) is 35.4 Å². The first-order chi connectivity index (χ1) is 11.8. The number of ketones is 1. The number of Topliss-reactive ketones (excluding diaryl/α,β-unsaturated/α-hetero) is 1. The van der Waals surface area contributed by atoms with Gasteiger partial charge in [-0.25, -0.2) is 0 Å². The molecule has 1 saturated carbocycles. The van der Waals surface area contributed by atoms with Crippen molar-refractivity contribution in [3.63, 3.8) is 0 Å². The number of rotatable bonds is 0. The van der Waals surface area contributed by atoms with Gasteiger partial charge in [0.15, 0.2) is 5.78 Å². The molecule has 1 aliphatic carbocycles. The van der Waals surface area contributed by atoms with Crippen molar-refractivity contribution in [3.8, 4) is 11.5 Å². The lowest BCUT2D eigenvalue weighted by Crippen LogP contribution is -2.60. The summed E-state index contributed by atoms with van der Waals surface area (Å²) < 4.78 is 11.9. The van der Waals surface area contributed by atoms with Gasteiger partial charge in [0.1, 0.15) is 23.5 Å². The number of hydrogen-bond donors (Lipinski definition) is 1. The van der Waals surface area contributed by atoms with Gasteiger partial charge >= 0.3 is 0 Å². The zero-order chi connectivity index (χ0) is 17.6. The molecule has 2 aromatic rings. The molecule has 4 heteroatoms. The molecule has 1 fully saturated rings. The van der Waals surface area contributed by atoms with E-state index in [1.165, 1.54) is 0 Å². The molecule has 0 spiro atoms. The van der Waals surface area contributed by atoms with Crippen LogP contribution in [0, 0.1) is 13.8 Å². The van der Waals surface area contributed by atoms with Crippen molar-refractivity contribution in [2.45, 2.75) is 50.4 Å². The summed E-state index contributed by atoms with van der Waals surface area (Å²) in [4.78, 5) is 13.6. The molecule has 0 bridgehead atoms. The van der Waals surface area contributed by atoms with Crippen molar-refractivity contribution in [2.24, 2.45) is 0 Å². The monoisotopic (exact) mass is 336 g/mol. The van der Waals surface area contributed by atoms with Crippen LogP contribution in [0.25, 0.3) is 0 Å². The Balaban J connectivity index is 1.70. The number of carbonyl (C=O) groups excluding carboxylic acids is 1. The van der Waals surface area contributed by atoms with Crippen molar-refractivity contribution in [3.05, 3.63) is 58.7 Å². The van der Waals surface area contributed by atoms with E-state index in [2.05, 4.69) is 0 Å². The lowest BCUT2D eigenvalue weighted by atomic mass is 9.62. The van der Waals surface area contributed by atoms with Gasteiger partial charge in [-0.05, 0) is 32.9 Å². The molecular formula is C21H20O4. The van der Waals surface area contributed by atoms with E-state index in [0.717, 1.165) is 28.0 Å². The summed E-state index contributed by atoms with van der Waals surface area (Å²) in [6.07, 6.45) is -0.157. The largest absolute Gasteiger partial charge is 0.488 e. The summed E-state index contributed by atoms with van der Waals surface area (Å²) in [6.45, 7) is 5.93. The van der Waals surface area contributed by atoms with Gasteiger partial charge in [-0.2, -0.15) is 0 Å². The molecule has 128 valence electrons. The van der Waals surface area contributed by atoms with Gasteiger partial charge in [-0.15, -0.1) is 0 Å². The molecule has 4 atom stereocenters. The molecule has 0 saturated heterocycles. The quantitative estimate of drug-likeness (QED) is 0.803. The third kappa shape index (κ3) is 1.73. The second kappa shape index (κ2) is 4.44. The fraction of sp³-hybridized carbons (Fsp3) is 0.381. The van der Waals surface area contributed by atoms with Crippen LogP contribution in [0.15, 0.2) is 36.4 Å². The molecule has 0 aromatic heterocycles. The Morgan fingerprint density at radius 3 is 2.52 bits per heavy atom. The van der Waals surface area contributed by atoms with Gasteiger partial charge in [0.25, 0.3) is 0 Å². The minimum absolute atomic E-state index is 0.0278. The molecule has 4 nitrogen and oxygen atoms in total. The van der Waals surface area contributed by atoms with Crippen LogP contribution in [0.5, 0.6) is 11.5 Å². The van der Waals surface area contributed by atoms with E-state index in [4.69, 9.17) is 9.47 Å². The van der Waals surface area contributed by atoms with Gasteiger partial charge in [-0.3, -0.25) is 4.79 Å². The Kier molecular flexibility index (Phi) is 2.66. The van der Waals surface area contributed by atoms with Crippen LogP contribution >= 0.6 is 0 Å². The van der Waals surface area contributed by atoms with Crippen molar-refractivity contribution in [1.82, 2.24) is 0 Å². The topological polar surface area (TPSA) is 55.8 Å². The van der Waals surface area contributed by atoms with E-state index in [0.29, 0.717) is 5.75 Å². The highest BCUT2D eigenvalue weighted by molar-refractivity contribution is 6.00. The summed E-state index contributed by atoms with van der Waals surface area (Å²) in [5.41, 5.74) is 3.08. The molecule has 0 amide bonds. The summed E-state index contributed by atoms with van der Waals surface area (Å²) in [5, 5.41) is 11.2. The highest BCUT2D eigenvalue weighted by Gasteiger charge is 2.67. The summed E-state index contributed by atoms with van der Waals surface area (Å²) in [5.74, 6) is -0.910. The first-order valence-corrected chi connectivity index (χ1v) is 8.67. The third-order valence-corrected chi connectivity index (χ3v) is 6.07. The predicted octanol–water partition coefficient (Wildman–Crippen LogP) is 3.16. The Labute approximate surface area is 146 Å². The number of fused-ring (bicyclic) bond motifs is 6. The SMILES string of the molecule is Cc1ccc2c(c1)C1C(=O)C3(C)c4cc(C)ccc4OC3CC1(O)O2. The fourth-order valence-electron chi connectivity index (χ4n) is 4.68. The van der Waals surface area contributed by atoms with Gasteiger partial charge in [0.05, 0.1) is 11.8 Å². The highest BCUT2D eigenvalue weighted by atomic mass is 16.6. The van der Waals surface area contributed by atoms with Gasteiger partial charge in [0, 0.05) is 11.1 Å². The van der Waals surface area contributed by atoms with Crippen molar-refractivity contribution < 1.29 is 19.4 Å². The van der Waals surface area contributed by atoms with Crippen LogP contribution in [-0.4, -0.2) is 22.8 Å². The Bertz CT molecular complexity index is 933. The summed E-state index contributed by atoms with van der Waals surface area (Å²) in [7, 11) is 0. The lowest BCUT2D eigenvalue weighted by molar-refractivity contribution is -0.188. The third-order valence-electron chi connectivity index (χ3n) is 6.07. The number of benzene rings is 2. The maximum Gasteiger partial charge on any atom is 0.225 e. The van der Waals surface area contributed by atoms with Crippen molar-refractivity contribution in [2.75, 3.05) is 0 Å². The molecule has 2 aromatic carbocycles. The molecule has 4 unspecified atom stereocenters. The van der Waals surface area contributed by atoms with E-state index in [1.807, 2.05) is 57.2 Å². The van der Waals surface area contributed by atoms with Crippen molar-refractivity contribution >= 4 is 5.78 Å². The molecule has 0 radical (unpaired) electrons. The summed E-state index contributed by atoms with van der Waals surface area (Å²) >= 11 is 0. The standard InChI is InChI=1S/C21H20O4/c1-11-4-6-15-13(8-11)18-19(22)20(3)14-9-12(2)5-7-16(14)24-17(20)10-21(18,23)25-15/h4-9,17-18,23H,10H2,1-3H3. The molecular weight excluding hydrogens is 316 g/mol. The van der Waals surface area contributed by atoms with Crippen LogP contribution in [0.4, 0.5) is 0 Å². The Morgan fingerprint density at radius 1 is 1.08 bits per heavy atom. The molecule has 2 heterocycles. The molecule has 25 heavy (non-hydrogen) atoms. The number of hydrogen-bond acceptors (Lipinski definition) is 4. The maximum atomic E-state index is 13.6. The smallest absolute Gasteiger partial charge is 0.225 e. The lowest BCUT2D eigenvalue weighted by Gasteiger charge is -2.43. The van der Waals surface area contributed by atoms with Crippen LogP contribution in [0.1, 0.15) is 41.5 Å². The minimum Gasteiger partial charge on any atom is -0.488 e. The van der Waals surface area contributed by atoms with Crippen LogP contribution in [-0.2, 0) is 10.2 Å². The van der Waals surface area contributed by atoms with Gasteiger partial charge in [0.2, 0.25) is 5.79 Å². The number of carbonyl (C=O) groups is 1. The van der Waals surface area contributed by atoms with E-state index in [-0.39, 0.29) is 12.2 Å². The van der Waals surface area contributed by atoms with Crippen LogP contribution in [0.2, 0.25) is 0 Å². The molecule has 5 rings (SSSR count). The maximum absolute atomic E-state index is 13.6. The summed E-state index contributed by atoms with van der Waals surface area (Å²) in [6, 6.07) is 11.7. The average Bonchev–Trinajstić information content (AvgIpc) is 2.99. The van der Waals surface area contributed by atoms with Crippen LogP contribution < -0.4 is 9.47 Å².